The van der Waals surface area contributed by atoms with Crippen LogP contribution in [0, 0.1) is 13.8 Å². The Hall–Kier alpha value is -3.14. The first-order chi connectivity index (χ1) is 13.1. The summed E-state index contributed by atoms with van der Waals surface area (Å²) in [5.74, 6) is 0.682. The molecule has 0 atom stereocenters. The zero-order chi connectivity index (χ0) is 18.5. The Balaban J connectivity index is 1.94. The quantitative estimate of drug-likeness (QED) is 0.541. The average Bonchev–Trinajstić information content (AvgIpc) is 2.68. The van der Waals surface area contributed by atoms with Gasteiger partial charge in [0.15, 0.2) is 0 Å². The monoisotopic (exact) mass is 355 g/mol. The van der Waals surface area contributed by atoms with Crippen LogP contribution in [0.3, 0.4) is 0 Å². The Bertz CT molecular complexity index is 1270. The Labute approximate surface area is 157 Å². The molecule has 0 bridgehead atoms. The Morgan fingerprint density at radius 3 is 2.78 bits per heavy atom. The molecule has 5 rings (SSSR count). The van der Waals surface area contributed by atoms with Crippen LogP contribution in [0.4, 0.5) is 5.95 Å². The molecule has 4 nitrogen and oxygen atoms in total. The fourth-order valence-corrected chi connectivity index (χ4v) is 4.18. The van der Waals surface area contributed by atoms with E-state index in [2.05, 4.69) is 54.7 Å². The van der Waals surface area contributed by atoms with Crippen LogP contribution in [-0.4, -0.2) is 16.1 Å². The number of benzene rings is 3. The van der Waals surface area contributed by atoms with Crippen LogP contribution in [-0.2, 0) is 6.54 Å². The number of nitrogens with one attached hydrogen (secondary N) is 1. The molecule has 0 fully saturated rings. The second-order valence-corrected chi connectivity index (χ2v) is 7.36. The van der Waals surface area contributed by atoms with Crippen LogP contribution in [0.5, 0.6) is 0 Å². The number of rotatable bonds is 1. The summed E-state index contributed by atoms with van der Waals surface area (Å²) in [6, 6.07) is 16.8. The molecule has 0 radical (unpaired) electrons. The van der Waals surface area contributed by atoms with Crippen molar-refractivity contribution in [3.05, 3.63) is 70.0 Å². The van der Waals surface area contributed by atoms with E-state index < -0.39 is 0 Å². The highest BCUT2D eigenvalue weighted by Gasteiger charge is 2.19. The van der Waals surface area contributed by atoms with Gasteiger partial charge in [0, 0.05) is 18.7 Å². The highest BCUT2D eigenvalue weighted by molar-refractivity contribution is 6.05. The minimum absolute atomic E-state index is 0.0463. The lowest BCUT2D eigenvalue weighted by atomic mass is 9.91. The summed E-state index contributed by atoms with van der Waals surface area (Å²) in [4.78, 5) is 18.0. The molecule has 4 heteroatoms. The molecule has 27 heavy (non-hydrogen) atoms. The number of hydrogen-bond acceptors (Lipinski definition) is 3. The summed E-state index contributed by atoms with van der Waals surface area (Å²) in [6.07, 6.45) is 0.946. The summed E-state index contributed by atoms with van der Waals surface area (Å²) in [7, 11) is 0. The topological polar surface area (TPSA) is 46.9 Å². The Kier molecular flexibility index (Phi) is 3.54. The van der Waals surface area contributed by atoms with Gasteiger partial charge in [0.1, 0.15) is 0 Å². The molecule has 0 unspecified atom stereocenters. The fourth-order valence-electron chi connectivity index (χ4n) is 4.18. The van der Waals surface area contributed by atoms with Gasteiger partial charge in [-0.15, -0.1) is 0 Å². The van der Waals surface area contributed by atoms with Crippen LogP contribution in [0.15, 0.2) is 53.3 Å². The van der Waals surface area contributed by atoms with Crippen molar-refractivity contribution >= 4 is 27.6 Å². The molecular weight excluding hydrogens is 334 g/mol. The second kappa shape index (κ2) is 5.95. The minimum atomic E-state index is 0.0463. The molecule has 2 heterocycles. The van der Waals surface area contributed by atoms with Gasteiger partial charge < -0.3 is 5.32 Å². The highest BCUT2D eigenvalue weighted by atomic mass is 16.1. The fraction of sp³-hybridized carbons (Fsp3) is 0.217. The van der Waals surface area contributed by atoms with E-state index in [0.717, 1.165) is 41.7 Å². The third-order valence-corrected chi connectivity index (χ3v) is 5.45. The predicted molar refractivity (Wildman–Crippen MR) is 112 cm³/mol. The summed E-state index contributed by atoms with van der Waals surface area (Å²) < 4.78 is 1.77. The average molecular weight is 355 g/mol. The van der Waals surface area contributed by atoms with Gasteiger partial charge in [0.2, 0.25) is 5.95 Å². The number of fused-ring (bicyclic) bond motifs is 3. The standard InChI is InChI=1S/C23H21N3O/c1-14-12-18(20-15(2)8-9-16-6-3-4-7-17(16)20)21-19(13-14)22(27)26-11-5-10-24-23(26)25-21/h3-4,6-9,12-13H,5,10-11H2,1-2H3,(H,24,25). The van der Waals surface area contributed by atoms with Gasteiger partial charge in [-0.3, -0.25) is 9.36 Å². The summed E-state index contributed by atoms with van der Waals surface area (Å²) in [5.41, 5.74) is 5.29. The third kappa shape index (κ3) is 2.44. The van der Waals surface area contributed by atoms with E-state index in [1.165, 1.54) is 16.3 Å². The molecule has 4 aromatic rings. The normalized spacial score (nSPS) is 13.6. The molecule has 0 amide bonds. The largest absolute Gasteiger partial charge is 0.355 e. The molecule has 1 N–H and O–H groups in total. The third-order valence-electron chi connectivity index (χ3n) is 5.45. The van der Waals surface area contributed by atoms with E-state index in [4.69, 9.17) is 4.98 Å². The van der Waals surface area contributed by atoms with Gasteiger partial charge in [-0.05, 0) is 59.9 Å². The smallest absolute Gasteiger partial charge is 0.262 e. The minimum Gasteiger partial charge on any atom is -0.355 e. The van der Waals surface area contributed by atoms with Crippen molar-refractivity contribution in [2.24, 2.45) is 0 Å². The van der Waals surface area contributed by atoms with Gasteiger partial charge in [-0.2, -0.15) is 0 Å². The van der Waals surface area contributed by atoms with Crippen molar-refractivity contribution in [3.8, 4) is 11.1 Å². The molecule has 0 aliphatic carbocycles. The van der Waals surface area contributed by atoms with Crippen molar-refractivity contribution in [1.29, 1.82) is 0 Å². The molecular formula is C23H21N3O. The van der Waals surface area contributed by atoms with E-state index >= 15 is 0 Å². The number of aromatic nitrogens is 2. The molecule has 0 saturated carbocycles. The Morgan fingerprint density at radius 2 is 1.89 bits per heavy atom. The number of aryl methyl sites for hydroxylation is 2. The van der Waals surface area contributed by atoms with E-state index in [0.29, 0.717) is 11.3 Å². The first-order valence-electron chi connectivity index (χ1n) is 9.41. The van der Waals surface area contributed by atoms with Crippen LogP contribution in [0.1, 0.15) is 17.5 Å². The van der Waals surface area contributed by atoms with E-state index in [1.54, 1.807) is 4.57 Å². The molecule has 1 aromatic heterocycles. The van der Waals surface area contributed by atoms with Crippen molar-refractivity contribution in [3.63, 3.8) is 0 Å². The van der Waals surface area contributed by atoms with Crippen molar-refractivity contribution in [1.82, 2.24) is 9.55 Å². The lowest BCUT2D eigenvalue weighted by Crippen LogP contribution is -2.30. The van der Waals surface area contributed by atoms with Gasteiger partial charge >= 0.3 is 0 Å². The number of anilines is 1. The van der Waals surface area contributed by atoms with Gasteiger partial charge in [-0.1, -0.05) is 36.4 Å². The number of nitrogens with zero attached hydrogens (tertiary/aromatic N) is 2. The molecule has 3 aromatic carbocycles. The number of hydrogen-bond donors (Lipinski definition) is 1. The molecule has 1 aliphatic rings. The first kappa shape index (κ1) is 16.1. The lowest BCUT2D eigenvalue weighted by Gasteiger charge is -2.21. The van der Waals surface area contributed by atoms with E-state index in [1.807, 2.05) is 13.0 Å². The molecule has 1 aliphatic heterocycles. The van der Waals surface area contributed by atoms with E-state index in [-0.39, 0.29) is 5.56 Å². The second-order valence-electron chi connectivity index (χ2n) is 7.36. The van der Waals surface area contributed by atoms with Crippen LogP contribution in [0.2, 0.25) is 0 Å². The zero-order valence-corrected chi connectivity index (χ0v) is 15.5. The van der Waals surface area contributed by atoms with Crippen molar-refractivity contribution in [2.75, 3.05) is 11.9 Å². The lowest BCUT2D eigenvalue weighted by molar-refractivity contribution is 0.602. The van der Waals surface area contributed by atoms with Gasteiger partial charge in [0.25, 0.3) is 5.56 Å². The Morgan fingerprint density at radius 1 is 1.04 bits per heavy atom. The maximum absolute atomic E-state index is 13.1. The molecule has 134 valence electrons. The maximum atomic E-state index is 13.1. The first-order valence-corrected chi connectivity index (χ1v) is 9.41. The van der Waals surface area contributed by atoms with Gasteiger partial charge in [-0.25, -0.2) is 4.98 Å². The summed E-state index contributed by atoms with van der Waals surface area (Å²) in [6.45, 7) is 5.75. The summed E-state index contributed by atoms with van der Waals surface area (Å²) >= 11 is 0. The van der Waals surface area contributed by atoms with Crippen LogP contribution >= 0.6 is 0 Å². The predicted octanol–water partition coefficient (Wildman–Crippen LogP) is 4.65. The zero-order valence-electron chi connectivity index (χ0n) is 15.5. The SMILES string of the molecule is Cc1cc(-c2c(C)ccc3ccccc23)c2nc3n(c(=O)c2c1)CCCN3. The molecule has 0 spiro atoms. The van der Waals surface area contributed by atoms with Gasteiger partial charge in [0.05, 0.1) is 10.9 Å². The molecule has 0 saturated heterocycles. The van der Waals surface area contributed by atoms with Crippen molar-refractivity contribution in [2.45, 2.75) is 26.8 Å². The van der Waals surface area contributed by atoms with E-state index in [9.17, 15) is 4.79 Å². The maximum Gasteiger partial charge on any atom is 0.262 e. The van der Waals surface area contributed by atoms with Crippen LogP contribution in [0.25, 0.3) is 32.8 Å². The summed E-state index contributed by atoms with van der Waals surface area (Å²) in [5, 5.41) is 6.38. The van der Waals surface area contributed by atoms with Crippen LogP contribution < -0.4 is 10.9 Å². The van der Waals surface area contributed by atoms with Crippen molar-refractivity contribution < 1.29 is 0 Å². The highest BCUT2D eigenvalue weighted by Crippen LogP contribution is 2.36.